The monoisotopic (exact) mass is 281 g/mol. The van der Waals surface area contributed by atoms with Gasteiger partial charge in [-0.1, -0.05) is 12.8 Å². The summed E-state index contributed by atoms with van der Waals surface area (Å²) in [5.41, 5.74) is -2.33. The van der Waals surface area contributed by atoms with E-state index in [2.05, 4.69) is 0 Å². The Bertz CT molecular complexity index is 358. The molecule has 1 amide bonds. The third-order valence-corrected chi connectivity index (χ3v) is 4.12. The third kappa shape index (κ3) is 2.33. The lowest BCUT2D eigenvalue weighted by molar-refractivity contribution is -0.201. The largest absolute Gasteiger partial charge is 0.394 e. The number of carbonyl (C=O) groups excluding carboxylic acids is 1. The normalized spacial score (nSPS) is 30.9. The first-order chi connectivity index (χ1) is 8.82. The number of carbonyl (C=O) groups is 1. The number of aliphatic hydroxyl groups is 2. The van der Waals surface area contributed by atoms with E-state index >= 15 is 0 Å². The van der Waals surface area contributed by atoms with Crippen molar-refractivity contribution in [2.75, 3.05) is 13.2 Å². The molecule has 7 heteroatoms. The fourth-order valence-electron chi connectivity index (χ4n) is 2.93. The summed E-state index contributed by atoms with van der Waals surface area (Å²) in [6.07, 6.45) is -0.944. The Morgan fingerprint density at radius 1 is 1.37 bits per heavy atom. The van der Waals surface area contributed by atoms with E-state index in [0.29, 0.717) is 17.7 Å². The van der Waals surface area contributed by atoms with Crippen molar-refractivity contribution in [2.24, 2.45) is 0 Å². The first-order valence-electron chi connectivity index (χ1n) is 6.48. The molecule has 1 saturated carbocycles. The van der Waals surface area contributed by atoms with Crippen LogP contribution in [-0.4, -0.2) is 57.9 Å². The van der Waals surface area contributed by atoms with E-state index in [1.165, 1.54) is 0 Å². The molecule has 1 heterocycles. The SMILES string of the molecule is O=C(N1C[C@@H](F)C[C@H]1CO)C(F)(F)C1(O)CCCC1. The molecule has 1 aliphatic heterocycles. The maximum absolute atomic E-state index is 14.1. The lowest BCUT2D eigenvalue weighted by atomic mass is 9.92. The number of hydrogen-bond acceptors (Lipinski definition) is 3. The minimum Gasteiger partial charge on any atom is -0.394 e. The van der Waals surface area contributed by atoms with Crippen LogP contribution in [0.15, 0.2) is 0 Å². The van der Waals surface area contributed by atoms with Gasteiger partial charge in [0.15, 0.2) is 0 Å². The van der Waals surface area contributed by atoms with Gasteiger partial charge >= 0.3 is 5.92 Å². The van der Waals surface area contributed by atoms with Crippen molar-refractivity contribution >= 4 is 5.91 Å². The molecule has 1 aliphatic carbocycles. The van der Waals surface area contributed by atoms with Crippen molar-refractivity contribution in [1.82, 2.24) is 4.90 Å². The van der Waals surface area contributed by atoms with Crippen LogP contribution in [0.1, 0.15) is 32.1 Å². The van der Waals surface area contributed by atoms with Crippen LogP contribution in [-0.2, 0) is 4.79 Å². The summed E-state index contributed by atoms with van der Waals surface area (Å²) < 4.78 is 41.5. The molecule has 0 unspecified atom stereocenters. The third-order valence-electron chi connectivity index (χ3n) is 4.12. The summed E-state index contributed by atoms with van der Waals surface area (Å²) in [5, 5.41) is 19.0. The molecule has 19 heavy (non-hydrogen) atoms. The summed E-state index contributed by atoms with van der Waals surface area (Å²) in [7, 11) is 0. The lowest BCUT2D eigenvalue weighted by Gasteiger charge is -2.35. The van der Waals surface area contributed by atoms with Gasteiger partial charge in [0.25, 0.3) is 5.91 Å². The summed E-state index contributed by atoms with van der Waals surface area (Å²) in [4.78, 5) is 12.6. The molecule has 2 N–H and O–H groups in total. The van der Waals surface area contributed by atoms with Gasteiger partial charge in [-0.15, -0.1) is 0 Å². The average Bonchev–Trinajstić information content (AvgIpc) is 2.95. The zero-order chi connectivity index (χ0) is 14.3. The molecule has 1 saturated heterocycles. The van der Waals surface area contributed by atoms with Crippen molar-refractivity contribution in [1.29, 1.82) is 0 Å². The van der Waals surface area contributed by atoms with Gasteiger partial charge in [-0.25, -0.2) is 4.39 Å². The van der Waals surface area contributed by atoms with Crippen LogP contribution >= 0.6 is 0 Å². The topological polar surface area (TPSA) is 60.8 Å². The number of amides is 1. The molecule has 0 aromatic rings. The van der Waals surface area contributed by atoms with E-state index in [9.17, 15) is 23.1 Å². The van der Waals surface area contributed by atoms with Crippen LogP contribution < -0.4 is 0 Å². The standard InChI is InChI=1S/C12H18F3NO3/c13-8-5-9(7-17)16(6-8)10(18)12(14,15)11(19)3-1-2-4-11/h8-9,17,19H,1-7H2/t8-,9-/m0/s1. The van der Waals surface area contributed by atoms with Crippen molar-refractivity contribution in [3.05, 3.63) is 0 Å². The molecule has 2 fully saturated rings. The second-order valence-corrected chi connectivity index (χ2v) is 5.44. The smallest absolute Gasteiger partial charge is 0.352 e. The van der Waals surface area contributed by atoms with Crippen LogP contribution in [0.5, 0.6) is 0 Å². The Kier molecular flexibility index (Phi) is 3.79. The van der Waals surface area contributed by atoms with Gasteiger partial charge in [0.05, 0.1) is 19.2 Å². The molecule has 110 valence electrons. The van der Waals surface area contributed by atoms with E-state index in [0.717, 1.165) is 0 Å². The second kappa shape index (κ2) is 4.94. The Balaban J connectivity index is 2.18. The van der Waals surface area contributed by atoms with Crippen LogP contribution in [0.2, 0.25) is 0 Å². The molecule has 0 radical (unpaired) electrons. The van der Waals surface area contributed by atoms with Gasteiger partial charge in [-0.3, -0.25) is 4.79 Å². The van der Waals surface area contributed by atoms with Crippen LogP contribution in [0, 0.1) is 0 Å². The minimum atomic E-state index is -3.93. The van der Waals surface area contributed by atoms with Gasteiger partial charge in [0.1, 0.15) is 11.8 Å². The molecule has 2 atom stereocenters. The molecule has 2 rings (SSSR count). The number of halogens is 3. The van der Waals surface area contributed by atoms with E-state index in [1.54, 1.807) is 0 Å². The molecule has 4 nitrogen and oxygen atoms in total. The molecular formula is C12H18F3NO3. The Morgan fingerprint density at radius 3 is 2.47 bits per heavy atom. The Hall–Kier alpha value is -0.820. The minimum absolute atomic E-state index is 0.136. The van der Waals surface area contributed by atoms with Gasteiger partial charge in [0.2, 0.25) is 0 Å². The highest BCUT2D eigenvalue weighted by atomic mass is 19.3. The number of likely N-dealkylation sites (tertiary alicyclic amines) is 1. The zero-order valence-electron chi connectivity index (χ0n) is 10.5. The van der Waals surface area contributed by atoms with E-state index in [-0.39, 0.29) is 19.3 Å². The highest BCUT2D eigenvalue weighted by Crippen LogP contribution is 2.43. The van der Waals surface area contributed by atoms with Crippen LogP contribution in [0.25, 0.3) is 0 Å². The first-order valence-corrected chi connectivity index (χ1v) is 6.48. The quantitative estimate of drug-likeness (QED) is 0.806. The number of aliphatic hydroxyl groups excluding tert-OH is 1. The van der Waals surface area contributed by atoms with Gasteiger partial charge < -0.3 is 15.1 Å². The Morgan fingerprint density at radius 2 is 1.95 bits per heavy atom. The maximum atomic E-state index is 14.1. The highest BCUT2D eigenvalue weighted by molar-refractivity contribution is 5.85. The summed E-state index contributed by atoms with van der Waals surface area (Å²) >= 11 is 0. The van der Waals surface area contributed by atoms with Crippen molar-refractivity contribution in [3.8, 4) is 0 Å². The van der Waals surface area contributed by atoms with Gasteiger partial charge in [-0.05, 0) is 12.8 Å². The summed E-state index contributed by atoms with van der Waals surface area (Å²) in [6.45, 7) is -1.00. The number of nitrogens with zero attached hydrogens (tertiary/aromatic N) is 1. The number of hydrogen-bond donors (Lipinski definition) is 2. The zero-order valence-corrected chi connectivity index (χ0v) is 10.5. The van der Waals surface area contributed by atoms with Crippen molar-refractivity contribution < 1.29 is 28.2 Å². The van der Waals surface area contributed by atoms with Crippen LogP contribution in [0.4, 0.5) is 13.2 Å². The van der Waals surface area contributed by atoms with E-state index in [4.69, 9.17) is 5.11 Å². The first kappa shape index (κ1) is 14.6. The predicted molar refractivity (Wildman–Crippen MR) is 60.5 cm³/mol. The maximum Gasteiger partial charge on any atom is 0.352 e. The molecule has 0 aromatic heterocycles. The molecule has 0 aromatic carbocycles. The van der Waals surface area contributed by atoms with Crippen LogP contribution in [0.3, 0.4) is 0 Å². The van der Waals surface area contributed by atoms with Crippen molar-refractivity contribution in [3.63, 3.8) is 0 Å². The summed E-state index contributed by atoms with van der Waals surface area (Å²) in [6, 6.07) is -0.932. The molecule has 0 spiro atoms. The molecular weight excluding hydrogens is 263 g/mol. The average molecular weight is 281 g/mol. The van der Waals surface area contributed by atoms with Gasteiger partial charge in [0, 0.05) is 6.42 Å². The van der Waals surface area contributed by atoms with Gasteiger partial charge in [-0.2, -0.15) is 8.78 Å². The van der Waals surface area contributed by atoms with Crippen molar-refractivity contribution in [2.45, 2.75) is 55.8 Å². The van der Waals surface area contributed by atoms with E-state index in [1.807, 2.05) is 0 Å². The lowest BCUT2D eigenvalue weighted by Crippen LogP contribution is -2.58. The second-order valence-electron chi connectivity index (χ2n) is 5.44. The summed E-state index contributed by atoms with van der Waals surface area (Å²) in [5.74, 6) is -5.50. The number of alkyl halides is 3. The highest BCUT2D eigenvalue weighted by Gasteiger charge is 2.61. The predicted octanol–water partition coefficient (Wildman–Crippen LogP) is 0.858. The fraction of sp³-hybridized carbons (Fsp3) is 0.917. The molecule has 0 bridgehead atoms. The number of rotatable bonds is 3. The fourth-order valence-corrected chi connectivity index (χ4v) is 2.93. The Labute approximate surface area is 109 Å². The van der Waals surface area contributed by atoms with E-state index < -0.39 is 42.8 Å². The molecule has 2 aliphatic rings.